The molecule has 5 rings (SSSR count). The highest BCUT2D eigenvalue weighted by Crippen LogP contribution is 2.25. The average Bonchev–Trinajstić information content (AvgIpc) is 2.93. The molecule has 3 aromatic carbocycles. The van der Waals surface area contributed by atoms with E-state index in [0.717, 1.165) is 24.2 Å². The molecule has 1 aromatic heterocycles. The summed E-state index contributed by atoms with van der Waals surface area (Å²) in [4.78, 5) is 28.8. The summed E-state index contributed by atoms with van der Waals surface area (Å²) in [6, 6.07) is 18.1. The summed E-state index contributed by atoms with van der Waals surface area (Å²) in [6.07, 6.45) is 0.0896. The van der Waals surface area contributed by atoms with Gasteiger partial charge in [0.15, 0.2) is 9.84 Å². The summed E-state index contributed by atoms with van der Waals surface area (Å²) in [5, 5.41) is 1.15. The van der Waals surface area contributed by atoms with Crippen LogP contribution >= 0.6 is 23.2 Å². The largest absolute Gasteiger partial charge is 0.379 e. The SMILES string of the molecule is NC(=O)c1c(Cc2ccc(Cl)cc2)n(CS(=O)(=O)c2ccc(Cl)cc2)c2ccc(CN3CCOCC3)cc2c1=O. The average molecular weight is 601 g/mol. The molecule has 4 aromatic rings. The monoisotopic (exact) mass is 599 g/mol. The zero-order chi connectivity index (χ0) is 28.4. The number of morpholine rings is 1. The molecule has 0 radical (unpaired) electrons. The van der Waals surface area contributed by atoms with Crippen LogP contribution in [0.4, 0.5) is 0 Å². The van der Waals surface area contributed by atoms with E-state index < -0.39 is 27.1 Å². The number of hydrogen-bond donors (Lipinski definition) is 1. The standard InChI is InChI=1S/C29H27Cl2N3O5S/c30-21-4-1-19(2-5-21)16-26-27(29(32)36)28(35)24-15-20(17-33-11-13-39-14-12-33)3-10-25(24)34(26)18-40(37,38)23-8-6-22(31)7-9-23/h1-10,15H,11-14,16-18H2,(H2,32,36). The number of ether oxygens (including phenoxy) is 1. The number of hydrogen-bond acceptors (Lipinski definition) is 6. The van der Waals surface area contributed by atoms with Gasteiger partial charge >= 0.3 is 0 Å². The summed E-state index contributed by atoms with van der Waals surface area (Å²) < 4.78 is 34.1. The quantitative estimate of drug-likeness (QED) is 0.324. The summed E-state index contributed by atoms with van der Waals surface area (Å²) >= 11 is 12.0. The number of sulfone groups is 1. The van der Waals surface area contributed by atoms with Crippen LogP contribution < -0.4 is 11.2 Å². The number of halogens is 2. The number of carbonyl (C=O) groups excluding carboxylic acids is 1. The Kier molecular flexibility index (Phi) is 8.30. The molecule has 0 bridgehead atoms. The molecule has 1 fully saturated rings. The number of carbonyl (C=O) groups is 1. The second-order valence-corrected chi connectivity index (χ2v) is 12.5. The summed E-state index contributed by atoms with van der Waals surface area (Å²) in [5.74, 6) is -1.44. The van der Waals surface area contributed by atoms with E-state index in [1.54, 1.807) is 36.4 Å². The predicted molar refractivity (Wildman–Crippen MR) is 156 cm³/mol. The molecule has 1 saturated heterocycles. The maximum atomic E-state index is 13.8. The molecule has 0 atom stereocenters. The Labute approximate surface area is 241 Å². The lowest BCUT2D eigenvalue weighted by Crippen LogP contribution is -2.35. The number of pyridine rings is 1. The van der Waals surface area contributed by atoms with Crippen molar-refractivity contribution < 1.29 is 17.9 Å². The van der Waals surface area contributed by atoms with Crippen molar-refractivity contribution in [3.63, 3.8) is 0 Å². The molecule has 1 amide bonds. The maximum absolute atomic E-state index is 13.8. The lowest BCUT2D eigenvalue weighted by Gasteiger charge is -2.27. The van der Waals surface area contributed by atoms with E-state index in [1.807, 2.05) is 6.07 Å². The molecule has 0 saturated carbocycles. The zero-order valence-corrected chi connectivity index (χ0v) is 23.8. The minimum Gasteiger partial charge on any atom is -0.379 e. The fourth-order valence-corrected chi connectivity index (χ4v) is 6.52. The molecule has 40 heavy (non-hydrogen) atoms. The molecule has 208 valence electrons. The maximum Gasteiger partial charge on any atom is 0.254 e. The van der Waals surface area contributed by atoms with Crippen molar-refractivity contribution in [2.75, 3.05) is 26.3 Å². The number of fused-ring (bicyclic) bond motifs is 1. The van der Waals surface area contributed by atoms with E-state index >= 15 is 0 Å². The van der Waals surface area contributed by atoms with Gasteiger partial charge in [0.2, 0.25) is 5.43 Å². The van der Waals surface area contributed by atoms with Crippen molar-refractivity contribution in [3.05, 3.63) is 109 Å². The molecule has 1 aliphatic rings. The first-order chi connectivity index (χ1) is 19.1. The molecule has 11 heteroatoms. The number of rotatable bonds is 8. The number of nitrogens with two attached hydrogens (primary N) is 1. The van der Waals surface area contributed by atoms with Gasteiger partial charge < -0.3 is 15.0 Å². The molecule has 0 aliphatic carbocycles. The van der Waals surface area contributed by atoms with Crippen LogP contribution in [0.2, 0.25) is 10.0 Å². The van der Waals surface area contributed by atoms with Gasteiger partial charge in [0.05, 0.1) is 23.6 Å². The Morgan fingerprint density at radius 3 is 2.12 bits per heavy atom. The highest BCUT2D eigenvalue weighted by Gasteiger charge is 2.25. The third-order valence-electron chi connectivity index (χ3n) is 6.95. The van der Waals surface area contributed by atoms with Crippen LogP contribution in [0.15, 0.2) is 76.4 Å². The van der Waals surface area contributed by atoms with Gasteiger partial charge in [-0.25, -0.2) is 8.42 Å². The number of primary amides is 1. The van der Waals surface area contributed by atoms with E-state index in [1.165, 1.54) is 28.8 Å². The lowest BCUT2D eigenvalue weighted by molar-refractivity contribution is 0.0342. The third kappa shape index (κ3) is 6.09. The van der Waals surface area contributed by atoms with Gasteiger partial charge in [0.1, 0.15) is 11.4 Å². The number of aromatic nitrogens is 1. The van der Waals surface area contributed by atoms with Crippen molar-refractivity contribution in [2.24, 2.45) is 5.73 Å². The van der Waals surface area contributed by atoms with Crippen LogP contribution in [-0.4, -0.2) is 50.1 Å². The van der Waals surface area contributed by atoms with Gasteiger partial charge in [-0.2, -0.15) is 0 Å². The van der Waals surface area contributed by atoms with Crippen molar-refractivity contribution in [3.8, 4) is 0 Å². The Bertz CT molecular complexity index is 1730. The second kappa shape index (κ2) is 11.7. The van der Waals surface area contributed by atoms with Crippen LogP contribution in [0.25, 0.3) is 10.9 Å². The van der Waals surface area contributed by atoms with Gasteiger partial charge in [-0.15, -0.1) is 0 Å². The van der Waals surface area contributed by atoms with E-state index in [9.17, 15) is 18.0 Å². The van der Waals surface area contributed by atoms with Crippen LogP contribution in [0.5, 0.6) is 0 Å². The Morgan fingerprint density at radius 2 is 1.50 bits per heavy atom. The highest BCUT2D eigenvalue weighted by molar-refractivity contribution is 7.90. The summed E-state index contributed by atoms with van der Waals surface area (Å²) in [7, 11) is -3.92. The van der Waals surface area contributed by atoms with Crippen molar-refractivity contribution in [2.45, 2.75) is 23.7 Å². The van der Waals surface area contributed by atoms with Gasteiger partial charge in [-0.3, -0.25) is 14.5 Å². The van der Waals surface area contributed by atoms with Crippen LogP contribution in [0.1, 0.15) is 27.2 Å². The normalized spacial score (nSPS) is 14.4. The second-order valence-electron chi connectivity index (χ2n) is 9.68. The molecular weight excluding hydrogens is 573 g/mol. The van der Waals surface area contributed by atoms with Gasteiger partial charge in [-0.1, -0.05) is 41.4 Å². The van der Waals surface area contributed by atoms with E-state index in [0.29, 0.717) is 35.3 Å². The van der Waals surface area contributed by atoms with E-state index in [4.69, 9.17) is 33.7 Å². The summed E-state index contributed by atoms with van der Waals surface area (Å²) in [6.45, 7) is 3.36. The fraction of sp³-hybridized carbons (Fsp3) is 0.241. The minimum atomic E-state index is -3.92. The molecule has 2 N–H and O–H groups in total. The third-order valence-corrected chi connectivity index (χ3v) is 9.04. The number of benzene rings is 3. The molecular formula is C29H27Cl2N3O5S. The van der Waals surface area contributed by atoms with Gasteiger partial charge in [0, 0.05) is 47.2 Å². The smallest absolute Gasteiger partial charge is 0.254 e. The van der Waals surface area contributed by atoms with Crippen molar-refractivity contribution in [1.29, 1.82) is 0 Å². The van der Waals surface area contributed by atoms with Crippen LogP contribution in [0.3, 0.4) is 0 Å². The molecule has 2 heterocycles. The van der Waals surface area contributed by atoms with Crippen molar-refractivity contribution in [1.82, 2.24) is 9.47 Å². The van der Waals surface area contributed by atoms with Crippen LogP contribution in [0, 0.1) is 0 Å². The first-order valence-corrected chi connectivity index (χ1v) is 15.0. The number of nitrogens with zero attached hydrogens (tertiary/aromatic N) is 2. The lowest BCUT2D eigenvalue weighted by atomic mass is 10.00. The van der Waals surface area contributed by atoms with Crippen molar-refractivity contribution >= 4 is 49.8 Å². The van der Waals surface area contributed by atoms with Gasteiger partial charge in [0.25, 0.3) is 5.91 Å². The molecule has 0 unspecified atom stereocenters. The first-order valence-electron chi connectivity index (χ1n) is 12.6. The zero-order valence-electron chi connectivity index (χ0n) is 21.5. The molecule has 0 spiro atoms. The predicted octanol–water partition coefficient (Wildman–Crippen LogP) is 4.26. The Hall–Kier alpha value is -3.21. The topological polar surface area (TPSA) is 112 Å². The van der Waals surface area contributed by atoms with Crippen LogP contribution in [-0.2, 0) is 33.4 Å². The Balaban J connectivity index is 1.70. The van der Waals surface area contributed by atoms with E-state index in [-0.39, 0.29) is 28.0 Å². The highest BCUT2D eigenvalue weighted by atomic mass is 35.5. The number of amides is 1. The van der Waals surface area contributed by atoms with Gasteiger partial charge in [-0.05, 0) is 59.7 Å². The fourth-order valence-electron chi connectivity index (χ4n) is 4.93. The Morgan fingerprint density at radius 1 is 0.900 bits per heavy atom. The summed E-state index contributed by atoms with van der Waals surface area (Å²) in [5.41, 5.74) is 7.20. The minimum absolute atomic E-state index is 0.0609. The molecule has 8 nitrogen and oxygen atoms in total. The molecule has 1 aliphatic heterocycles. The van der Waals surface area contributed by atoms with E-state index in [2.05, 4.69) is 4.90 Å². The first kappa shape index (κ1) is 28.3.